The fourth-order valence-electron chi connectivity index (χ4n) is 0.558. The first-order valence-electron chi connectivity index (χ1n) is 3.50. The van der Waals surface area contributed by atoms with Crippen LogP contribution in [0.3, 0.4) is 0 Å². The molecule has 0 heterocycles. The van der Waals surface area contributed by atoms with Crippen molar-refractivity contribution in [3.63, 3.8) is 0 Å². The number of hydrogen-bond donors (Lipinski definition) is 0. The van der Waals surface area contributed by atoms with Crippen LogP contribution in [0.25, 0.3) is 0 Å². The lowest BCUT2D eigenvalue weighted by atomic mass is 10.2. The topological polar surface area (TPSA) is 26.3 Å². The zero-order valence-electron chi connectivity index (χ0n) is 6.72. The second-order valence-corrected chi connectivity index (χ2v) is 2.89. The fourth-order valence-corrected chi connectivity index (χ4v) is 1.02. The van der Waals surface area contributed by atoms with E-state index in [4.69, 9.17) is 10.8 Å². The van der Waals surface area contributed by atoms with Gasteiger partial charge in [-0.1, -0.05) is 6.58 Å². The molecule has 2 nitrogen and oxygen atoms in total. The Morgan fingerprint density at radius 2 is 2.45 bits per heavy atom. The lowest BCUT2D eigenvalue weighted by Crippen LogP contribution is -2.08. The Morgan fingerprint density at radius 3 is 2.91 bits per heavy atom. The van der Waals surface area contributed by atoms with Gasteiger partial charge in [0, 0.05) is 12.0 Å². The zero-order chi connectivity index (χ0) is 8.69. The summed E-state index contributed by atoms with van der Waals surface area (Å²) in [7, 11) is -0.662. The van der Waals surface area contributed by atoms with E-state index >= 15 is 0 Å². The minimum absolute atomic E-state index is 0.283. The Hall–Kier alpha value is -1.01. The molecule has 11 heavy (non-hydrogen) atoms. The van der Waals surface area contributed by atoms with Crippen molar-refractivity contribution in [3.05, 3.63) is 12.2 Å². The summed E-state index contributed by atoms with van der Waals surface area (Å²) >= 11 is 0. The number of rotatable bonds is 4. The first kappa shape index (κ1) is 9.99. The molecule has 0 fully saturated rings. The van der Waals surface area contributed by atoms with E-state index in [1.165, 1.54) is 0 Å². The van der Waals surface area contributed by atoms with Crippen molar-refractivity contribution in [2.75, 3.05) is 0 Å². The van der Waals surface area contributed by atoms with Gasteiger partial charge in [0.25, 0.3) is 0 Å². The van der Waals surface area contributed by atoms with Crippen LogP contribution in [0.2, 0.25) is 6.55 Å². The van der Waals surface area contributed by atoms with Gasteiger partial charge in [0.05, 0.1) is 0 Å². The average Bonchev–Trinajstić information content (AvgIpc) is 2.00. The minimum atomic E-state index is -0.662. The maximum Gasteiger partial charge on any atom is 0.319 e. The molecule has 0 saturated carbocycles. The quantitative estimate of drug-likeness (QED) is 0.350. The van der Waals surface area contributed by atoms with E-state index in [0.29, 0.717) is 18.4 Å². The van der Waals surface area contributed by atoms with Gasteiger partial charge in [-0.15, -0.1) is 12.3 Å². The summed E-state index contributed by atoms with van der Waals surface area (Å²) in [5.41, 5.74) is 0.484. The van der Waals surface area contributed by atoms with Crippen molar-refractivity contribution in [1.82, 2.24) is 0 Å². The molecule has 0 aliphatic rings. The van der Waals surface area contributed by atoms with Crippen LogP contribution >= 0.6 is 0 Å². The largest absolute Gasteiger partial charge is 0.522 e. The molecule has 60 valence electrons. The van der Waals surface area contributed by atoms with Gasteiger partial charge < -0.3 is 4.43 Å². The summed E-state index contributed by atoms with van der Waals surface area (Å²) in [4.78, 5) is 10.9. The van der Waals surface area contributed by atoms with E-state index < -0.39 is 9.76 Å². The number of carbonyl (C=O) groups is 1. The van der Waals surface area contributed by atoms with Gasteiger partial charge in [0.2, 0.25) is 9.76 Å². The highest BCUT2D eigenvalue weighted by atomic mass is 28.2. The van der Waals surface area contributed by atoms with Crippen LogP contribution in [0.5, 0.6) is 0 Å². The molecule has 0 aliphatic carbocycles. The molecule has 0 spiro atoms. The SMILES string of the molecule is C#CCCC(=C)C(=O)O[SiH2]C. The summed E-state index contributed by atoms with van der Waals surface area (Å²) in [6, 6.07) is 0. The molecule has 0 saturated heterocycles. The normalized spacial score (nSPS) is 9.45. The molecule has 0 unspecified atom stereocenters. The van der Waals surface area contributed by atoms with Crippen molar-refractivity contribution in [2.45, 2.75) is 19.4 Å². The summed E-state index contributed by atoms with van der Waals surface area (Å²) < 4.78 is 4.83. The van der Waals surface area contributed by atoms with Crippen LogP contribution in [0.4, 0.5) is 0 Å². The van der Waals surface area contributed by atoms with E-state index in [2.05, 4.69) is 12.5 Å². The van der Waals surface area contributed by atoms with Gasteiger partial charge >= 0.3 is 5.97 Å². The molecule has 0 bridgehead atoms. The van der Waals surface area contributed by atoms with Gasteiger partial charge in [-0.05, 0) is 13.0 Å². The second-order valence-electron chi connectivity index (χ2n) is 2.03. The Labute approximate surface area is 69.6 Å². The third-order valence-corrected chi connectivity index (χ3v) is 1.69. The molecular weight excluding hydrogens is 156 g/mol. The molecule has 0 aromatic heterocycles. The third kappa shape index (κ3) is 4.40. The average molecular weight is 168 g/mol. The van der Waals surface area contributed by atoms with Gasteiger partial charge in [0.1, 0.15) is 0 Å². The highest BCUT2D eigenvalue weighted by Gasteiger charge is 2.04. The lowest BCUT2D eigenvalue weighted by molar-refractivity contribution is -0.130. The maximum atomic E-state index is 10.9. The highest BCUT2D eigenvalue weighted by Crippen LogP contribution is 2.02. The van der Waals surface area contributed by atoms with Gasteiger partial charge in [-0.25, -0.2) is 4.79 Å². The Kier molecular flexibility index (Phi) is 5.22. The van der Waals surface area contributed by atoms with Crippen molar-refractivity contribution >= 4 is 15.7 Å². The molecule has 0 aliphatic heterocycles. The smallest absolute Gasteiger partial charge is 0.319 e. The van der Waals surface area contributed by atoms with Crippen molar-refractivity contribution in [3.8, 4) is 12.3 Å². The van der Waals surface area contributed by atoms with Crippen LogP contribution in [0, 0.1) is 12.3 Å². The molecule has 0 amide bonds. The monoisotopic (exact) mass is 168 g/mol. The van der Waals surface area contributed by atoms with Crippen molar-refractivity contribution < 1.29 is 9.22 Å². The van der Waals surface area contributed by atoms with Crippen LogP contribution in [0.15, 0.2) is 12.2 Å². The first-order chi connectivity index (χ1) is 5.22. The van der Waals surface area contributed by atoms with Crippen molar-refractivity contribution in [2.24, 2.45) is 0 Å². The summed E-state index contributed by atoms with van der Waals surface area (Å²) in [5, 5.41) is 0. The van der Waals surface area contributed by atoms with E-state index in [1.807, 2.05) is 6.55 Å². The lowest BCUT2D eigenvalue weighted by Gasteiger charge is -2.02. The van der Waals surface area contributed by atoms with Crippen LogP contribution in [0.1, 0.15) is 12.8 Å². The predicted octanol–water partition coefficient (Wildman–Crippen LogP) is 0.631. The molecule has 0 aromatic carbocycles. The van der Waals surface area contributed by atoms with Crippen LogP contribution < -0.4 is 0 Å². The molecular formula is C8H12O2Si. The van der Waals surface area contributed by atoms with E-state index in [1.54, 1.807) is 0 Å². The van der Waals surface area contributed by atoms with E-state index in [-0.39, 0.29) is 5.97 Å². The van der Waals surface area contributed by atoms with Crippen LogP contribution in [-0.4, -0.2) is 15.7 Å². The number of hydrogen-bond acceptors (Lipinski definition) is 2. The van der Waals surface area contributed by atoms with E-state index in [9.17, 15) is 4.79 Å². The van der Waals surface area contributed by atoms with Crippen LogP contribution in [-0.2, 0) is 9.22 Å². The Balaban J connectivity index is 3.67. The van der Waals surface area contributed by atoms with Gasteiger partial charge in [-0.2, -0.15) is 0 Å². The van der Waals surface area contributed by atoms with E-state index in [0.717, 1.165) is 0 Å². The maximum absolute atomic E-state index is 10.9. The molecule has 0 atom stereocenters. The number of carbonyl (C=O) groups excluding carboxylic acids is 1. The summed E-state index contributed by atoms with van der Waals surface area (Å²) in [6.45, 7) is 5.46. The Morgan fingerprint density at radius 1 is 1.82 bits per heavy atom. The predicted molar refractivity (Wildman–Crippen MR) is 47.7 cm³/mol. The van der Waals surface area contributed by atoms with Gasteiger partial charge in [0.15, 0.2) is 0 Å². The molecule has 0 rings (SSSR count). The van der Waals surface area contributed by atoms with Crippen molar-refractivity contribution in [1.29, 1.82) is 0 Å². The highest BCUT2D eigenvalue weighted by molar-refractivity contribution is 6.29. The fraction of sp³-hybridized carbons (Fsp3) is 0.375. The first-order valence-corrected chi connectivity index (χ1v) is 5.49. The number of terminal acetylenes is 1. The second kappa shape index (κ2) is 5.75. The molecule has 3 heteroatoms. The molecule has 0 aromatic rings. The third-order valence-electron chi connectivity index (χ3n) is 1.14. The Bertz CT molecular complexity index is 191. The summed E-state index contributed by atoms with van der Waals surface area (Å²) in [5.74, 6) is 2.16. The zero-order valence-corrected chi connectivity index (χ0v) is 8.14. The molecule has 0 N–H and O–H groups in total. The van der Waals surface area contributed by atoms with Gasteiger partial charge in [-0.3, -0.25) is 0 Å². The molecule has 0 radical (unpaired) electrons. The minimum Gasteiger partial charge on any atom is -0.522 e. The summed E-state index contributed by atoms with van der Waals surface area (Å²) in [6.07, 6.45) is 6.12. The standard InChI is InChI=1S/C8H12O2Si/c1-4-5-6-7(2)8(9)10-11-3/h1H,2,5-6,11H2,3H3.